The lowest BCUT2D eigenvalue weighted by Crippen LogP contribution is -2.40. The Kier molecular flexibility index (Phi) is 4.77. The second kappa shape index (κ2) is 5.92. The minimum Gasteiger partial charge on any atom is -0.370 e. The second-order valence-corrected chi connectivity index (χ2v) is 4.18. The maximum atomic E-state index is 12.2. The average Bonchev–Trinajstić information content (AvgIpc) is 2.27. The Hall–Kier alpha value is -1.76. The first kappa shape index (κ1) is 15.3. The lowest BCUT2D eigenvalue weighted by atomic mass is 10.0. The fourth-order valence-corrected chi connectivity index (χ4v) is 1.51. The standard InChI is InChI=1S/C11H10ClF3N2O2/c12-7-3-1-6(2-4-7)8(5-9(16)18)17-10(19)11(13,14)15/h1-4,8H,5H2,(H2,16,18)(H,17,19)/t8-/m0/s1. The third-order valence-electron chi connectivity index (χ3n) is 2.24. The molecule has 0 bridgehead atoms. The third kappa shape index (κ3) is 4.78. The first-order chi connectivity index (χ1) is 8.70. The van der Waals surface area contributed by atoms with E-state index in [1.807, 2.05) is 0 Å². The van der Waals surface area contributed by atoms with Gasteiger partial charge in [0, 0.05) is 5.02 Å². The molecule has 0 spiro atoms. The Morgan fingerprint density at radius 3 is 2.21 bits per heavy atom. The number of primary amides is 1. The Balaban J connectivity index is 2.92. The number of hydrogen-bond acceptors (Lipinski definition) is 2. The molecule has 0 aliphatic carbocycles. The van der Waals surface area contributed by atoms with Crippen molar-refractivity contribution in [3.63, 3.8) is 0 Å². The van der Waals surface area contributed by atoms with Gasteiger partial charge in [-0.05, 0) is 17.7 Å². The minimum absolute atomic E-state index is 0.306. The summed E-state index contributed by atoms with van der Waals surface area (Å²) in [6.45, 7) is 0. The number of carbonyl (C=O) groups excluding carboxylic acids is 2. The molecular formula is C11H10ClF3N2O2. The molecule has 0 aromatic heterocycles. The summed E-state index contributed by atoms with van der Waals surface area (Å²) in [6, 6.07) is 4.54. The number of rotatable bonds is 4. The van der Waals surface area contributed by atoms with E-state index < -0.39 is 30.5 Å². The summed E-state index contributed by atoms with van der Waals surface area (Å²) in [7, 11) is 0. The molecule has 0 fully saturated rings. The van der Waals surface area contributed by atoms with Crippen molar-refractivity contribution in [3.05, 3.63) is 34.9 Å². The maximum Gasteiger partial charge on any atom is 0.471 e. The van der Waals surface area contributed by atoms with Crippen molar-refractivity contribution in [1.82, 2.24) is 5.32 Å². The number of hydrogen-bond donors (Lipinski definition) is 2. The van der Waals surface area contributed by atoms with Crippen LogP contribution in [0, 0.1) is 0 Å². The summed E-state index contributed by atoms with van der Waals surface area (Å²) in [4.78, 5) is 21.7. The fourth-order valence-electron chi connectivity index (χ4n) is 1.39. The van der Waals surface area contributed by atoms with Crippen molar-refractivity contribution in [2.45, 2.75) is 18.6 Å². The van der Waals surface area contributed by atoms with Gasteiger partial charge in [0.25, 0.3) is 0 Å². The van der Waals surface area contributed by atoms with E-state index in [4.69, 9.17) is 17.3 Å². The van der Waals surface area contributed by atoms with Gasteiger partial charge in [-0.3, -0.25) is 9.59 Å². The lowest BCUT2D eigenvalue weighted by molar-refractivity contribution is -0.174. The lowest BCUT2D eigenvalue weighted by Gasteiger charge is -2.18. The molecule has 0 aliphatic heterocycles. The number of nitrogens with one attached hydrogen (secondary N) is 1. The molecule has 1 aromatic carbocycles. The van der Waals surface area contributed by atoms with Crippen molar-refractivity contribution in [2.75, 3.05) is 0 Å². The Morgan fingerprint density at radius 2 is 1.79 bits per heavy atom. The van der Waals surface area contributed by atoms with Crippen LogP contribution in [0.3, 0.4) is 0 Å². The molecular weight excluding hydrogens is 285 g/mol. The minimum atomic E-state index is -5.03. The van der Waals surface area contributed by atoms with E-state index in [1.54, 1.807) is 5.32 Å². The molecule has 1 atom stereocenters. The normalized spacial score (nSPS) is 12.8. The van der Waals surface area contributed by atoms with E-state index in [0.29, 0.717) is 10.6 Å². The van der Waals surface area contributed by atoms with Crippen molar-refractivity contribution < 1.29 is 22.8 Å². The molecule has 3 N–H and O–H groups in total. The molecule has 0 saturated carbocycles. The Bertz CT molecular complexity index is 474. The van der Waals surface area contributed by atoms with Crippen LogP contribution in [0.1, 0.15) is 18.0 Å². The summed E-state index contributed by atoms with van der Waals surface area (Å²) < 4.78 is 36.5. The second-order valence-electron chi connectivity index (χ2n) is 3.75. The molecule has 104 valence electrons. The van der Waals surface area contributed by atoms with Crippen molar-refractivity contribution in [2.24, 2.45) is 5.73 Å². The van der Waals surface area contributed by atoms with Crippen LogP contribution >= 0.6 is 11.6 Å². The van der Waals surface area contributed by atoms with Gasteiger partial charge in [0.15, 0.2) is 0 Å². The highest BCUT2D eigenvalue weighted by Crippen LogP contribution is 2.22. The van der Waals surface area contributed by atoms with E-state index in [-0.39, 0.29) is 0 Å². The number of alkyl halides is 3. The van der Waals surface area contributed by atoms with Gasteiger partial charge in [0.05, 0.1) is 12.5 Å². The van der Waals surface area contributed by atoms with Crippen molar-refractivity contribution in [3.8, 4) is 0 Å². The highest BCUT2D eigenvalue weighted by Gasteiger charge is 2.40. The quantitative estimate of drug-likeness (QED) is 0.890. The van der Waals surface area contributed by atoms with Crippen LogP contribution in [0.5, 0.6) is 0 Å². The first-order valence-corrected chi connectivity index (χ1v) is 5.49. The number of carbonyl (C=O) groups is 2. The summed E-state index contributed by atoms with van der Waals surface area (Å²) in [5, 5.41) is 2.09. The van der Waals surface area contributed by atoms with Gasteiger partial charge in [0.2, 0.25) is 5.91 Å². The third-order valence-corrected chi connectivity index (χ3v) is 2.49. The van der Waals surface area contributed by atoms with Crippen LogP contribution in [0.15, 0.2) is 24.3 Å². The summed E-state index contributed by atoms with van der Waals surface area (Å²) >= 11 is 5.64. The first-order valence-electron chi connectivity index (χ1n) is 5.11. The zero-order valence-corrected chi connectivity index (χ0v) is 10.3. The number of halogens is 4. The summed E-state index contributed by atoms with van der Waals surface area (Å²) in [6.07, 6.45) is -5.47. The predicted molar refractivity (Wildman–Crippen MR) is 62.2 cm³/mol. The number of benzene rings is 1. The van der Waals surface area contributed by atoms with E-state index in [9.17, 15) is 22.8 Å². The van der Waals surface area contributed by atoms with Crippen molar-refractivity contribution in [1.29, 1.82) is 0 Å². The predicted octanol–water partition coefficient (Wildman–Crippen LogP) is 1.93. The van der Waals surface area contributed by atoms with Gasteiger partial charge in [-0.2, -0.15) is 13.2 Å². The maximum absolute atomic E-state index is 12.2. The Morgan fingerprint density at radius 1 is 1.26 bits per heavy atom. The molecule has 0 radical (unpaired) electrons. The van der Waals surface area contributed by atoms with Crippen LogP contribution in [-0.4, -0.2) is 18.0 Å². The van der Waals surface area contributed by atoms with Gasteiger partial charge >= 0.3 is 12.1 Å². The van der Waals surface area contributed by atoms with E-state index in [1.165, 1.54) is 24.3 Å². The van der Waals surface area contributed by atoms with E-state index >= 15 is 0 Å². The molecule has 0 aliphatic rings. The van der Waals surface area contributed by atoms with Crippen LogP contribution in [0.4, 0.5) is 13.2 Å². The Labute approximate surface area is 111 Å². The number of amides is 2. The molecule has 0 unspecified atom stereocenters. The highest BCUT2D eigenvalue weighted by atomic mass is 35.5. The number of nitrogens with two attached hydrogens (primary N) is 1. The molecule has 2 amide bonds. The molecule has 1 aromatic rings. The summed E-state index contributed by atoms with van der Waals surface area (Å²) in [5.41, 5.74) is 5.25. The zero-order chi connectivity index (χ0) is 14.6. The van der Waals surface area contributed by atoms with Gasteiger partial charge in [-0.1, -0.05) is 23.7 Å². The fraction of sp³-hybridized carbons (Fsp3) is 0.273. The molecule has 1 rings (SSSR count). The molecule has 0 saturated heterocycles. The van der Waals surface area contributed by atoms with Gasteiger partial charge in [-0.15, -0.1) is 0 Å². The zero-order valence-electron chi connectivity index (χ0n) is 9.50. The molecule has 4 nitrogen and oxygen atoms in total. The van der Waals surface area contributed by atoms with Gasteiger partial charge in [0.1, 0.15) is 0 Å². The van der Waals surface area contributed by atoms with Gasteiger partial charge < -0.3 is 11.1 Å². The topological polar surface area (TPSA) is 72.2 Å². The van der Waals surface area contributed by atoms with Crippen LogP contribution in [0.25, 0.3) is 0 Å². The van der Waals surface area contributed by atoms with Gasteiger partial charge in [-0.25, -0.2) is 0 Å². The van der Waals surface area contributed by atoms with E-state index in [0.717, 1.165) is 0 Å². The SMILES string of the molecule is NC(=O)C[C@H](NC(=O)C(F)(F)F)c1ccc(Cl)cc1. The molecule has 8 heteroatoms. The molecule has 0 heterocycles. The van der Waals surface area contributed by atoms with Crippen LogP contribution < -0.4 is 11.1 Å². The summed E-state index contributed by atoms with van der Waals surface area (Å²) in [5.74, 6) is -2.96. The smallest absolute Gasteiger partial charge is 0.370 e. The average molecular weight is 295 g/mol. The highest BCUT2D eigenvalue weighted by molar-refractivity contribution is 6.30. The monoisotopic (exact) mass is 294 g/mol. The molecule has 19 heavy (non-hydrogen) atoms. The van der Waals surface area contributed by atoms with Crippen molar-refractivity contribution >= 4 is 23.4 Å². The largest absolute Gasteiger partial charge is 0.471 e. The van der Waals surface area contributed by atoms with Crippen LogP contribution in [0.2, 0.25) is 5.02 Å². The van der Waals surface area contributed by atoms with Crippen LogP contribution in [-0.2, 0) is 9.59 Å². The van der Waals surface area contributed by atoms with E-state index in [2.05, 4.69) is 0 Å².